The molecule has 2 rings (SSSR count). The second-order valence-corrected chi connectivity index (χ2v) is 3.27. The largest absolute Gasteiger partial charge is 0.370 e. The average molecular weight is 201 g/mol. The van der Waals surface area contributed by atoms with Crippen molar-refractivity contribution >= 4 is 22.8 Å². The molecule has 76 valence electrons. The SMILES string of the molecule is Cc1ccc2cnc(N=C(N)N)nc2c1. The number of nitrogens with two attached hydrogens (primary N) is 2. The third-order valence-electron chi connectivity index (χ3n) is 1.95. The first-order valence-corrected chi connectivity index (χ1v) is 4.48. The van der Waals surface area contributed by atoms with E-state index in [1.54, 1.807) is 6.20 Å². The fourth-order valence-electron chi connectivity index (χ4n) is 1.29. The van der Waals surface area contributed by atoms with Gasteiger partial charge < -0.3 is 11.5 Å². The molecule has 0 aliphatic carbocycles. The first kappa shape index (κ1) is 9.39. The molecular formula is C10H11N5. The van der Waals surface area contributed by atoms with Crippen LogP contribution in [0.25, 0.3) is 10.9 Å². The lowest BCUT2D eigenvalue weighted by molar-refractivity contribution is 1.17. The van der Waals surface area contributed by atoms with Gasteiger partial charge in [0.15, 0.2) is 5.96 Å². The Morgan fingerprint density at radius 2 is 2.13 bits per heavy atom. The van der Waals surface area contributed by atoms with Gasteiger partial charge in [-0.2, -0.15) is 4.99 Å². The minimum absolute atomic E-state index is 0.0398. The quantitative estimate of drug-likeness (QED) is 0.528. The highest BCUT2D eigenvalue weighted by atomic mass is 15.1. The van der Waals surface area contributed by atoms with E-state index in [1.165, 1.54) is 0 Å². The van der Waals surface area contributed by atoms with E-state index >= 15 is 0 Å². The zero-order chi connectivity index (χ0) is 10.8. The van der Waals surface area contributed by atoms with Crippen LogP contribution in [0.1, 0.15) is 5.56 Å². The minimum atomic E-state index is -0.0398. The Morgan fingerprint density at radius 3 is 2.87 bits per heavy atom. The van der Waals surface area contributed by atoms with Gasteiger partial charge in [-0.3, -0.25) is 0 Å². The van der Waals surface area contributed by atoms with Crippen molar-refractivity contribution in [3.05, 3.63) is 30.0 Å². The summed E-state index contributed by atoms with van der Waals surface area (Å²) in [6.45, 7) is 2.00. The van der Waals surface area contributed by atoms with Crippen molar-refractivity contribution in [2.45, 2.75) is 6.92 Å². The van der Waals surface area contributed by atoms with E-state index in [1.807, 2.05) is 25.1 Å². The summed E-state index contributed by atoms with van der Waals surface area (Å²) in [5.74, 6) is 0.245. The van der Waals surface area contributed by atoms with E-state index in [0.29, 0.717) is 0 Å². The maximum absolute atomic E-state index is 5.25. The van der Waals surface area contributed by atoms with Crippen LogP contribution in [0.4, 0.5) is 5.95 Å². The van der Waals surface area contributed by atoms with Crippen molar-refractivity contribution < 1.29 is 0 Å². The molecule has 0 aliphatic rings. The molecule has 0 saturated carbocycles. The molecule has 0 atom stereocenters. The lowest BCUT2D eigenvalue weighted by atomic mass is 10.2. The van der Waals surface area contributed by atoms with Crippen LogP contribution in [0.3, 0.4) is 0 Å². The number of rotatable bonds is 1. The molecule has 0 fully saturated rings. The Bertz CT molecular complexity index is 528. The van der Waals surface area contributed by atoms with Crippen molar-refractivity contribution in [3.63, 3.8) is 0 Å². The van der Waals surface area contributed by atoms with Gasteiger partial charge in [0, 0.05) is 11.6 Å². The first-order chi connectivity index (χ1) is 7.15. The van der Waals surface area contributed by atoms with Crippen molar-refractivity contribution in [1.82, 2.24) is 9.97 Å². The van der Waals surface area contributed by atoms with E-state index < -0.39 is 0 Å². The fraction of sp³-hybridized carbons (Fsp3) is 0.100. The Kier molecular flexibility index (Phi) is 2.21. The smallest absolute Gasteiger partial charge is 0.253 e. The van der Waals surface area contributed by atoms with Gasteiger partial charge in [-0.1, -0.05) is 12.1 Å². The lowest BCUT2D eigenvalue weighted by Crippen LogP contribution is -2.22. The zero-order valence-electron chi connectivity index (χ0n) is 8.31. The Hall–Kier alpha value is -2.17. The molecule has 1 heterocycles. The summed E-state index contributed by atoms with van der Waals surface area (Å²) in [6.07, 6.45) is 1.70. The predicted molar refractivity (Wildman–Crippen MR) is 59.7 cm³/mol. The topological polar surface area (TPSA) is 90.2 Å². The highest BCUT2D eigenvalue weighted by molar-refractivity contribution is 5.81. The number of aliphatic imine (C=N–C) groups is 1. The second-order valence-electron chi connectivity index (χ2n) is 3.27. The van der Waals surface area contributed by atoms with Crippen LogP contribution in [0.15, 0.2) is 29.4 Å². The minimum Gasteiger partial charge on any atom is -0.370 e. The summed E-state index contributed by atoms with van der Waals surface area (Å²) in [6, 6.07) is 5.93. The Labute approximate surface area is 86.9 Å². The molecule has 0 aliphatic heterocycles. The third kappa shape index (κ3) is 2.01. The summed E-state index contributed by atoms with van der Waals surface area (Å²) in [7, 11) is 0. The summed E-state index contributed by atoms with van der Waals surface area (Å²) in [4.78, 5) is 12.0. The van der Waals surface area contributed by atoms with Crippen molar-refractivity contribution in [3.8, 4) is 0 Å². The first-order valence-electron chi connectivity index (χ1n) is 4.48. The standard InChI is InChI=1S/C10H11N5/c1-6-2-3-7-5-13-10(15-9(11)12)14-8(7)4-6/h2-5H,1H3,(H4,11,12,13,14,15). The number of guanidine groups is 1. The van der Waals surface area contributed by atoms with Gasteiger partial charge in [-0.05, 0) is 18.6 Å². The Balaban J connectivity index is 2.59. The van der Waals surface area contributed by atoms with Gasteiger partial charge in [-0.15, -0.1) is 0 Å². The number of nitrogens with zero attached hydrogens (tertiary/aromatic N) is 3. The molecule has 5 heteroatoms. The second kappa shape index (κ2) is 3.53. The number of hydrogen-bond acceptors (Lipinski definition) is 3. The third-order valence-corrected chi connectivity index (χ3v) is 1.95. The van der Waals surface area contributed by atoms with Gasteiger partial charge in [0.05, 0.1) is 5.52 Å². The molecule has 0 saturated heterocycles. The maximum atomic E-state index is 5.25. The molecule has 2 aromatic rings. The number of fused-ring (bicyclic) bond motifs is 1. The number of benzene rings is 1. The molecule has 4 N–H and O–H groups in total. The zero-order valence-corrected chi connectivity index (χ0v) is 8.31. The normalized spacial score (nSPS) is 10.2. The monoisotopic (exact) mass is 201 g/mol. The molecule has 0 unspecified atom stereocenters. The highest BCUT2D eigenvalue weighted by Gasteiger charge is 1.98. The number of hydrogen-bond donors (Lipinski definition) is 2. The van der Waals surface area contributed by atoms with E-state index in [9.17, 15) is 0 Å². The molecule has 0 radical (unpaired) electrons. The van der Waals surface area contributed by atoms with Gasteiger partial charge in [-0.25, -0.2) is 9.97 Å². The van der Waals surface area contributed by atoms with Crippen molar-refractivity contribution in [2.75, 3.05) is 0 Å². The van der Waals surface area contributed by atoms with E-state index in [2.05, 4.69) is 15.0 Å². The van der Waals surface area contributed by atoms with Crippen molar-refractivity contribution in [1.29, 1.82) is 0 Å². The molecule has 0 bridgehead atoms. The van der Waals surface area contributed by atoms with E-state index in [-0.39, 0.29) is 11.9 Å². The van der Waals surface area contributed by atoms with Crippen LogP contribution in [-0.4, -0.2) is 15.9 Å². The molecule has 0 spiro atoms. The fourth-order valence-corrected chi connectivity index (χ4v) is 1.29. The molecule has 1 aromatic heterocycles. The average Bonchev–Trinajstić information content (AvgIpc) is 2.16. The summed E-state index contributed by atoms with van der Waals surface area (Å²) >= 11 is 0. The molecule has 0 amide bonds. The van der Waals surface area contributed by atoms with Crippen LogP contribution in [0.5, 0.6) is 0 Å². The maximum Gasteiger partial charge on any atom is 0.253 e. The van der Waals surface area contributed by atoms with E-state index in [0.717, 1.165) is 16.5 Å². The van der Waals surface area contributed by atoms with Crippen LogP contribution in [0, 0.1) is 6.92 Å². The molecule has 1 aromatic carbocycles. The molecule has 5 nitrogen and oxygen atoms in total. The van der Waals surface area contributed by atoms with Crippen LogP contribution < -0.4 is 11.5 Å². The predicted octanol–water partition coefficient (Wildman–Crippen LogP) is 0.843. The Morgan fingerprint density at radius 1 is 1.33 bits per heavy atom. The van der Waals surface area contributed by atoms with Crippen molar-refractivity contribution in [2.24, 2.45) is 16.5 Å². The number of aryl methyl sites for hydroxylation is 1. The van der Waals surface area contributed by atoms with Crippen LogP contribution in [-0.2, 0) is 0 Å². The van der Waals surface area contributed by atoms with Crippen LogP contribution >= 0.6 is 0 Å². The summed E-state index contributed by atoms with van der Waals surface area (Å²) in [5, 5.41) is 0.968. The van der Waals surface area contributed by atoms with Gasteiger partial charge in [0.2, 0.25) is 0 Å². The lowest BCUT2D eigenvalue weighted by Gasteiger charge is -1.99. The van der Waals surface area contributed by atoms with E-state index in [4.69, 9.17) is 11.5 Å². The summed E-state index contributed by atoms with van der Waals surface area (Å²) in [5.41, 5.74) is 12.5. The molecule has 15 heavy (non-hydrogen) atoms. The number of aromatic nitrogens is 2. The van der Waals surface area contributed by atoms with Gasteiger partial charge >= 0.3 is 0 Å². The summed E-state index contributed by atoms with van der Waals surface area (Å²) < 4.78 is 0. The van der Waals surface area contributed by atoms with Gasteiger partial charge in [0.25, 0.3) is 5.95 Å². The highest BCUT2D eigenvalue weighted by Crippen LogP contribution is 2.15. The van der Waals surface area contributed by atoms with Gasteiger partial charge in [0.1, 0.15) is 0 Å². The molecular weight excluding hydrogens is 190 g/mol. The van der Waals surface area contributed by atoms with Crippen LogP contribution in [0.2, 0.25) is 0 Å².